The molecule has 0 spiro atoms. The number of pyridine rings is 1. The van der Waals surface area contributed by atoms with Crippen molar-refractivity contribution in [1.82, 2.24) is 4.98 Å². The molecule has 86 valence electrons. The van der Waals surface area contributed by atoms with Crippen LogP contribution in [0.1, 0.15) is 5.56 Å². The van der Waals surface area contributed by atoms with Crippen LogP contribution in [0.4, 0.5) is 4.39 Å². The number of hydrogen-bond donors (Lipinski definition) is 1. The molecule has 0 fully saturated rings. The molecule has 0 bridgehead atoms. The topological polar surface area (TPSA) is 42.1 Å². The molecule has 0 saturated carbocycles. The van der Waals surface area contributed by atoms with Crippen molar-refractivity contribution >= 4 is 0 Å². The number of halogens is 1. The van der Waals surface area contributed by atoms with E-state index in [1.165, 1.54) is 6.07 Å². The molecule has 3 rings (SSSR count). The summed E-state index contributed by atoms with van der Waals surface area (Å²) in [5, 5.41) is 0. The third-order valence-electron chi connectivity index (χ3n) is 2.87. The fourth-order valence-electron chi connectivity index (χ4n) is 2.03. The lowest BCUT2D eigenvalue weighted by Crippen LogP contribution is -2.04. The summed E-state index contributed by atoms with van der Waals surface area (Å²) in [6.45, 7) is 0.663. The highest BCUT2D eigenvalue weighted by Crippen LogP contribution is 2.30. The van der Waals surface area contributed by atoms with Crippen LogP contribution < -0.4 is 10.3 Å². The highest BCUT2D eigenvalue weighted by molar-refractivity contribution is 5.66. The quantitative estimate of drug-likeness (QED) is 0.816. The van der Waals surface area contributed by atoms with Gasteiger partial charge in [-0.2, -0.15) is 0 Å². The van der Waals surface area contributed by atoms with Crippen molar-refractivity contribution in [3.05, 3.63) is 52.2 Å². The number of H-pyrrole nitrogens is 1. The number of rotatable bonds is 1. The molecule has 1 N–H and O–H groups in total. The number of aromatic nitrogens is 1. The van der Waals surface area contributed by atoms with Gasteiger partial charge in [0.15, 0.2) is 0 Å². The second-order valence-electron chi connectivity index (χ2n) is 3.98. The first kappa shape index (κ1) is 10.1. The second kappa shape index (κ2) is 3.73. The third kappa shape index (κ3) is 1.71. The minimum absolute atomic E-state index is 0.307. The fourth-order valence-corrected chi connectivity index (χ4v) is 2.03. The zero-order chi connectivity index (χ0) is 11.8. The molecule has 0 saturated heterocycles. The summed E-state index contributed by atoms with van der Waals surface area (Å²) in [6.07, 6.45) is 1.91. The molecule has 2 heterocycles. The average molecular weight is 231 g/mol. The summed E-state index contributed by atoms with van der Waals surface area (Å²) in [5.74, 6) is 0.419. The van der Waals surface area contributed by atoms with Gasteiger partial charge in [-0.05, 0) is 23.3 Å². The molecule has 1 aliphatic heterocycles. The molecule has 0 amide bonds. The molecule has 2 aromatic rings. The van der Waals surface area contributed by atoms with Crippen LogP contribution in [0, 0.1) is 5.82 Å². The first-order valence-corrected chi connectivity index (χ1v) is 5.38. The van der Waals surface area contributed by atoms with Crippen LogP contribution in [0.2, 0.25) is 0 Å². The van der Waals surface area contributed by atoms with Crippen molar-refractivity contribution in [1.29, 1.82) is 0 Å². The van der Waals surface area contributed by atoms with Crippen molar-refractivity contribution in [3.8, 4) is 16.9 Å². The molecule has 0 radical (unpaired) electrons. The number of ether oxygens (including phenoxy) is 1. The average Bonchev–Trinajstić information content (AvgIpc) is 2.79. The van der Waals surface area contributed by atoms with Gasteiger partial charge in [0, 0.05) is 24.2 Å². The third-order valence-corrected chi connectivity index (χ3v) is 2.87. The predicted octanol–water partition coefficient (Wildman–Crippen LogP) is 2.12. The summed E-state index contributed by atoms with van der Waals surface area (Å²) in [5.41, 5.74) is 1.78. The van der Waals surface area contributed by atoms with Crippen LogP contribution in [-0.4, -0.2) is 11.6 Å². The Kier molecular flexibility index (Phi) is 2.21. The van der Waals surface area contributed by atoms with Crippen LogP contribution in [0.3, 0.4) is 0 Å². The van der Waals surface area contributed by atoms with Gasteiger partial charge in [-0.25, -0.2) is 4.39 Å². The number of hydrogen-bond acceptors (Lipinski definition) is 2. The number of fused-ring (bicyclic) bond motifs is 1. The lowest BCUT2D eigenvalue weighted by Gasteiger charge is -2.05. The number of benzene rings is 1. The van der Waals surface area contributed by atoms with E-state index in [4.69, 9.17) is 4.74 Å². The molecule has 0 unspecified atom stereocenters. The van der Waals surface area contributed by atoms with Crippen molar-refractivity contribution in [2.75, 3.05) is 6.61 Å². The van der Waals surface area contributed by atoms with Gasteiger partial charge >= 0.3 is 0 Å². The summed E-state index contributed by atoms with van der Waals surface area (Å²) in [6, 6.07) is 6.73. The van der Waals surface area contributed by atoms with Gasteiger partial charge in [0.2, 0.25) is 5.56 Å². The smallest absolute Gasteiger partial charge is 0.248 e. The Morgan fingerprint density at radius 2 is 2.18 bits per heavy atom. The molecular formula is C13H10FNO2. The minimum atomic E-state index is -0.427. The monoisotopic (exact) mass is 231 g/mol. The van der Waals surface area contributed by atoms with Crippen molar-refractivity contribution in [3.63, 3.8) is 0 Å². The van der Waals surface area contributed by atoms with Crippen LogP contribution in [0.15, 0.2) is 35.3 Å². The largest absolute Gasteiger partial charge is 0.493 e. The van der Waals surface area contributed by atoms with E-state index >= 15 is 0 Å². The maximum Gasteiger partial charge on any atom is 0.248 e. The Labute approximate surface area is 96.9 Å². The van der Waals surface area contributed by atoms with Crippen LogP contribution in [0.25, 0.3) is 11.1 Å². The van der Waals surface area contributed by atoms with E-state index in [9.17, 15) is 9.18 Å². The molecule has 1 aromatic carbocycles. The maximum atomic E-state index is 13.6. The van der Waals surface area contributed by atoms with Crippen molar-refractivity contribution in [2.45, 2.75) is 6.42 Å². The summed E-state index contributed by atoms with van der Waals surface area (Å²) >= 11 is 0. The van der Waals surface area contributed by atoms with E-state index in [2.05, 4.69) is 4.98 Å². The highest BCUT2D eigenvalue weighted by atomic mass is 19.1. The number of nitrogens with one attached hydrogen (secondary N) is 1. The van der Waals surface area contributed by atoms with Crippen LogP contribution >= 0.6 is 0 Å². The summed E-state index contributed by atoms with van der Waals surface area (Å²) in [4.78, 5) is 13.5. The Morgan fingerprint density at radius 1 is 1.29 bits per heavy atom. The fraction of sp³-hybridized carbons (Fsp3) is 0.154. The molecule has 3 nitrogen and oxygen atoms in total. The maximum absolute atomic E-state index is 13.6. The molecule has 1 aromatic heterocycles. The standard InChI is InChI=1S/C13H10FNO2/c14-11-7-15-13(16)6-10(11)8-1-2-12-9(5-8)3-4-17-12/h1-2,5-7H,3-4H2,(H,15,16). The van der Waals surface area contributed by atoms with E-state index in [-0.39, 0.29) is 5.56 Å². The zero-order valence-electron chi connectivity index (χ0n) is 9.00. The van der Waals surface area contributed by atoms with E-state index in [0.29, 0.717) is 17.7 Å². The molecule has 4 heteroatoms. The van der Waals surface area contributed by atoms with Crippen LogP contribution in [-0.2, 0) is 6.42 Å². The molecule has 0 atom stereocenters. The Balaban J connectivity index is 2.15. The van der Waals surface area contributed by atoms with E-state index in [1.807, 2.05) is 12.1 Å². The zero-order valence-corrected chi connectivity index (χ0v) is 9.00. The van der Waals surface area contributed by atoms with Gasteiger partial charge in [-0.15, -0.1) is 0 Å². The lowest BCUT2D eigenvalue weighted by atomic mass is 10.0. The lowest BCUT2D eigenvalue weighted by molar-refractivity contribution is 0.357. The van der Waals surface area contributed by atoms with Crippen molar-refractivity contribution in [2.24, 2.45) is 0 Å². The Morgan fingerprint density at radius 3 is 3.06 bits per heavy atom. The molecule has 17 heavy (non-hydrogen) atoms. The predicted molar refractivity (Wildman–Crippen MR) is 61.7 cm³/mol. The van der Waals surface area contributed by atoms with E-state index < -0.39 is 5.82 Å². The van der Waals surface area contributed by atoms with E-state index in [0.717, 1.165) is 23.9 Å². The van der Waals surface area contributed by atoms with Gasteiger partial charge in [0.1, 0.15) is 11.6 Å². The van der Waals surface area contributed by atoms with Gasteiger partial charge in [-0.1, -0.05) is 6.07 Å². The Bertz CT molecular complexity index is 634. The molecule has 1 aliphatic rings. The molecule has 0 aliphatic carbocycles. The SMILES string of the molecule is O=c1cc(-c2ccc3c(c2)CCO3)c(F)c[nH]1. The normalized spacial score (nSPS) is 13.2. The Hall–Kier alpha value is -2.10. The summed E-state index contributed by atoms with van der Waals surface area (Å²) < 4.78 is 19.0. The van der Waals surface area contributed by atoms with Gasteiger partial charge < -0.3 is 9.72 Å². The summed E-state index contributed by atoms with van der Waals surface area (Å²) in [7, 11) is 0. The van der Waals surface area contributed by atoms with Crippen molar-refractivity contribution < 1.29 is 9.13 Å². The van der Waals surface area contributed by atoms with Gasteiger partial charge in [-0.3, -0.25) is 4.79 Å². The minimum Gasteiger partial charge on any atom is -0.493 e. The highest BCUT2D eigenvalue weighted by Gasteiger charge is 2.14. The van der Waals surface area contributed by atoms with Gasteiger partial charge in [0.05, 0.1) is 6.61 Å². The number of aromatic amines is 1. The first-order chi connectivity index (χ1) is 8.24. The van der Waals surface area contributed by atoms with Gasteiger partial charge in [0.25, 0.3) is 0 Å². The van der Waals surface area contributed by atoms with E-state index in [1.54, 1.807) is 6.07 Å². The van der Waals surface area contributed by atoms with Crippen LogP contribution in [0.5, 0.6) is 5.75 Å². The second-order valence-corrected chi connectivity index (χ2v) is 3.98. The first-order valence-electron chi connectivity index (χ1n) is 5.38. The molecular weight excluding hydrogens is 221 g/mol.